The first kappa shape index (κ1) is 12.3. The molecule has 2 bridgehead atoms. The summed E-state index contributed by atoms with van der Waals surface area (Å²) >= 11 is 1.40. The Morgan fingerprint density at radius 3 is 2.75 bits per heavy atom. The quantitative estimate of drug-likeness (QED) is 0.926. The number of carbonyl (C=O) groups excluding carboxylic acids is 1. The Labute approximate surface area is 120 Å². The van der Waals surface area contributed by atoms with Crippen molar-refractivity contribution in [3.63, 3.8) is 0 Å². The molecule has 2 saturated heterocycles. The number of carboxylic acids is 1. The summed E-state index contributed by atoms with van der Waals surface area (Å²) in [5, 5.41) is 9.27. The van der Waals surface area contributed by atoms with E-state index in [9.17, 15) is 14.7 Å². The van der Waals surface area contributed by atoms with Crippen LogP contribution in [0.15, 0.2) is 5.51 Å². The fraction of sp³-hybridized carbons (Fsp3) is 0.643. The van der Waals surface area contributed by atoms with Crippen LogP contribution in [0.4, 0.5) is 0 Å². The van der Waals surface area contributed by atoms with Crippen LogP contribution in [0.2, 0.25) is 0 Å². The Kier molecular flexibility index (Phi) is 2.64. The second-order valence-electron chi connectivity index (χ2n) is 6.03. The summed E-state index contributed by atoms with van der Waals surface area (Å²) in [6.07, 6.45) is 4.62. The second-order valence-corrected chi connectivity index (χ2v) is 6.89. The lowest BCUT2D eigenvalue weighted by Gasteiger charge is -2.22. The first-order valence-electron chi connectivity index (χ1n) is 7.15. The van der Waals surface area contributed by atoms with Crippen LogP contribution < -0.4 is 0 Å². The lowest BCUT2D eigenvalue weighted by atomic mass is 9.89. The van der Waals surface area contributed by atoms with Gasteiger partial charge in [0.05, 0.1) is 17.1 Å². The van der Waals surface area contributed by atoms with Gasteiger partial charge >= 0.3 is 5.97 Å². The fourth-order valence-electron chi connectivity index (χ4n) is 3.75. The van der Waals surface area contributed by atoms with Gasteiger partial charge in [0.25, 0.3) is 5.91 Å². The van der Waals surface area contributed by atoms with Gasteiger partial charge in [0.15, 0.2) is 0 Å². The van der Waals surface area contributed by atoms with Crippen LogP contribution in [0.3, 0.4) is 0 Å². The molecule has 0 spiro atoms. The molecule has 0 radical (unpaired) electrons. The van der Waals surface area contributed by atoms with Gasteiger partial charge in [-0.2, -0.15) is 0 Å². The molecular weight excluding hydrogens is 276 g/mol. The Morgan fingerprint density at radius 1 is 1.30 bits per heavy atom. The molecule has 3 heterocycles. The lowest BCUT2D eigenvalue weighted by molar-refractivity contribution is -0.142. The van der Waals surface area contributed by atoms with Crippen molar-refractivity contribution in [1.29, 1.82) is 0 Å². The highest BCUT2D eigenvalue weighted by Crippen LogP contribution is 2.46. The zero-order chi connectivity index (χ0) is 13.9. The largest absolute Gasteiger partial charge is 0.481 e. The summed E-state index contributed by atoms with van der Waals surface area (Å²) in [4.78, 5) is 31.0. The SMILES string of the molecule is O=C(O)[C@@H]1C[C@H]2CC[C@@H]1N2C(=O)c1scnc1C1CC1. The Morgan fingerprint density at radius 2 is 2.10 bits per heavy atom. The minimum absolute atomic E-state index is 0.0191. The maximum atomic E-state index is 12.8. The number of nitrogens with zero attached hydrogens (tertiary/aromatic N) is 2. The van der Waals surface area contributed by atoms with E-state index in [-0.39, 0.29) is 23.9 Å². The zero-order valence-electron chi connectivity index (χ0n) is 11.0. The highest BCUT2D eigenvalue weighted by Gasteiger charge is 2.52. The van der Waals surface area contributed by atoms with Crippen LogP contribution in [-0.2, 0) is 4.79 Å². The zero-order valence-corrected chi connectivity index (χ0v) is 11.8. The summed E-state index contributed by atoms with van der Waals surface area (Å²) < 4.78 is 0. The lowest BCUT2D eigenvalue weighted by Crippen LogP contribution is -2.37. The van der Waals surface area contributed by atoms with E-state index in [1.54, 1.807) is 5.51 Å². The van der Waals surface area contributed by atoms with Gasteiger partial charge in [-0.3, -0.25) is 9.59 Å². The average Bonchev–Trinajstić information content (AvgIpc) is 2.90. The maximum Gasteiger partial charge on any atom is 0.308 e. The van der Waals surface area contributed by atoms with Crippen LogP contribution in [0.1, 0.15) is 53.4 Å². The van der Waals surface area contributed by atoms with Crippen molar-refractivity contribution in [3.05, 3.63) is 16.1 Å². The predicted octanol–water partition coefficient (Wildman–Crippen LogP) is 2.10. The molecular formula is C14H16N2O3S. The van der Waals surface area contributed by atoms with Crippen molar-refractivity contribution in [2.45, 2.75) is 50.1 Å². The minimum Gasteiger partial charge on any atom is -0.481 e. The average molecular weight is 292 g/mol. The molecule has 3 atom stereocenters. The van der Waals surface area contributed by atoms with Gasteiger partial charge in [0, 0.05) is 18.0 Å². The predicted molar refractivity (Wildman–Crippen MR) is 72.8 cm³/mol. The molecule has 106 valence electrons. The third-order valence-electron chi connectivity index (χ3n) is 4.84. The molecule has 4 rings (SSSR count). The van der Waals surface area contributed by atoms with E-state index in [4.69, 9.17) is 0 Å². The number of rotatable bonds is 3. The molecule has 0 unspecified atom stereocenters. The highest BCUT2D eigenvalue weighted by atomic mass is 32.1. The summed E-state index contributed by atoms with van der Waals surface area (Å²) in [5.41, 5.74) is 2.69. The molecule has 1 aromatic rings. The number of aliphatic carboxylic acids is 1. The molecule has 1 amide bonds. The van der Waals surface area contributed by atoms with Crippen molar-refractivity contribution < 1.29 is 14.7 Å². The summed E-state index contributed by atoms with van der Waals surface area (Å²) in [6, 6.07) is 0.00176. The summed E-state index contributed by atoms with van der Waals surface area (Å²) in [7, 11) is 0. The van der Waals surface area contributed by atoms with Crippen LogP contribution in [0.25, 0.3) is 0 Å². The Bertz CT molecular complexity index is 581. The number of fused-ring (bicyclic) bond motifs is 2. The molecule has 6 heteroatoms. The second kappa shape index (κ2) is 4.28. The van der Waals surface area contributed by atoms with Gasteiger partial charge < -0.3 is 10.0 Å². The molecule has 3 aliphatic rings. The monoisotopic (exact) mass is 292 g/mol. The van der Waals surface area contributed by atoms with Gasteiger partial charge in [0.2, 0.25) is 0 Å². The Balaban J connectivity index is 1.63. The van der Waals surface area contributed by atoms with E-state index in [2.05, 4.69) is 4.98 Å². The van der Waals surface area contributed by atoms with E-state index in [1.165, 1.54) is 11.3 Å². The third kappa shape index (κ3) is 1.70. The first-order chi connectivity index (χ1) is 9.66. The van der Waals surface area contributed by atoms with Gasteiger partial charge in [-0.05, 0) is 32.1 Å². The van der Waals surface area contributed by atoms with Gasteiger partial charge in [-0.15, -0.1) is 11.3 Å². The van der Waals surface area contributed by atoms with Crippen molar-refractivity contribution in [1.82, 2.24) is 9.88 Å². The van der Waals surface area contributed by atoms with Gasteiger partial charge in [-0.25, -0.2) is 4.98 Å². The molecule has 1 aliphatic carbocycles. The van der Waals surface area contributed by atoms with Crippen LogP contribution in [-0.4, -0.2) is 39.0 Å². The number of carbonyl (C=O) groups is 2. The Hall–Kier alpha value is -1.43. The molecule has 1 aromatic heterocycles. The van der Waals surface area contributed by atoms with E-state index >= 15 is 0 Å². The van der Waals surface area contributed by atoms with Crippen LogP contribution >= 0.6 is 11.3 Å². The van der Waals surface area contributed by atoms with Crippen molar-refractivity contribution >= 4 is 23.2 Å². The molecule has 0 aromatic carbocycles. The molecule has 1 saturated carbocycles. The number of carboxylic acid groups (broad SMARTS) is 1. The number of thiazole rings is 1. The first-order valence-corrected chi connectivity index (χ1v) is 8.03. The number of hydrogen-bond acceptors (Lipinski definition) is 4. The summed E-state index contributed by atoms with van der Waals surface area (Å²) in [6.45, 7) is 0. The maximum absolute atomic E-state index is 12.8. The van der Waals surface area contributed by atoms with E-state index in [0.29, 0.717) is 12.3 Å². The summed E-state index contributed by atoms with van der Waals surface area (Å²) in [5.74, 6) is -0.668. The molecule has 1 N–H and O–H groups in total. The van der Waals surface area contributed by atoms with Crippen molar-refractivity contribution in [2.24, 2.45) is 5.92 Å². The molecule has 20 heavy (non-hydrogen) atoms. The molecule has 3 fully saturated rings. The van der Waals surface area contributed by atoms with Gasteiger partial charge in [-0.1, -0.05) is 0 Å². The smallest absolute Gasteiger partial charge is 0.308 e. The third-order valence-corrected chi connectivity index (χ3v) is 5.67. The van der Waals surface area contributed by atoms with Crippen molar-refractivity contribution in [3.8, 4) is 0 Å². The van der Waals surface area contributed by atoms with Gasteiger partial charge in [0.1, 0.15) is 4.88 Å². The number of aromatic nitrogens is 1. The van der Waals surface area contributed by atoms with Crippen LogP contribution in [0, 0.1) is 5.92 Å². The number of amides is 1. The topological polar surface area (TPSA) is 70.5 Å². The van der Waals surface area contributed by atoms with Crippen LogP contribution in [0.5, 0.6) is 0 Å². The van der Waals surface area contributed by atoms with E-state index < -0.39 is 5.97 Å². The minimum atomic E-state index is -0.762. The highest BCUT2D eigenvalue weighted by molar-refractivity contribution is 7.11. The van der Waals surface area contributed by atoms with Crippen molar-refractivity contribution in [2.75, 3.05) is 0 Å². The van der Waals surface area contributed by atoms with E-state index in [0.717, 1.165) is 36.3 Å². The molecule has 5 nitrogen and oxygen atoms in total. The molecule has 2 aliphatic heterocycles. The number of hydrogen-bond donors (Lipinski definition) is 1. The normalized spacial score (nSPS) is 31.8. The van der Waals surface area contributed by atoms with E-state index in [1.807, 2.05) is 4.90 Å². The standard InChI is InChI=1S/C14H16N2O3S/c17-13(12-11(7-1-2-7)15-6-20-12)16-8-3-4-10(16)9(5-8)14(18)19/h6-10H,1-5H2,(H,18,19)/t8-,9-,10+/m1/s1. The fourth-order valence-corrected chi connectivity index (χ4v) is 4.57.